The molecule has 0 N–H and O–H groups in total. The lowest BCUT2D eigenvalue weighted by atomic mass is 10.2. The number of carbonyl (C=O) groups excluding carboxylic acids is 2. The molecule has 1 saturated heterocycles. The van der Waals surface area contributed by atoms with Gasteiger partial charge in [-0.2, -0.15) is 0 Å². The van der Waals surface area contributed by atoms with Crippen molar-refractivity contribution in [2.24, 2.45) is 0 Å². The van der Waals surface area contributed by atoms with Gasteiger partial charge >= 0.3 is 12.2 Å². The third-order valence-corrected chi connectivity index (χ3v) is 4.38. The second-order valence-electron chi connectivity index (χ2n) is 7.91. The SMILES string of the molecule is CC(C)(C)OC(=O)N1CCN(C(=O)OC(C)(C)C)C2C1C2(Cl)Cl. The third-order valence-electron chi connectivity index (χ3n) is 3.49. The third kappa shape index (κ3) is 3.97. The minimum atomic E-state index is -1.20. The lowest BCUT2D eigenvalue weighted by molar-refractivity contribution is -0.00153. The van der Waals surface area contributed by atoms with E-state index in [4.69, 9.17) is 32.7 Å². The van der Waals surface area contributed by atoms with Crippen LogP contribution in [0, 0.1) is 0 Å². The van der Waals surface area contributed by atoms with E-state index in [0.29, 0.717) is 13.1 Å². The maximum atomic E-state index is 12.3. The van der Waals surface area contributed by atoms with Crippen molar-refractivity contribution in [3.05, 3.63) is 0 Å². The molecule has 2 aliphatic rings. The van der Waals surface area contributed by atoms with Gasteiger partial charge in [0.2, 0.25) is 0 Å². The monoisotopic (exact) mass is 366 g/mol. The summed E-state index contributed by atoms with van der Waals surface area (Å²) in [7, 11) is 0. The van der Waals surface area contributed by atoms with Gasteiger partial charge in [-0.05, 0) is 41.5 Å². The van der Waals surface area contributed by atoms with Gasteiger partial charge in [0.1, 0.15) is 11.2 Å². The van der Waals surface area contributed by atoms with Gasteiger partial charge in [0, 0.05) is 13.1 Å². The molecule has 2 rings (SSSR count). The van der Waals surface area contributed by atoms with E-state index >= 15 is 0 Å². The molecule has 1 saturated carbocycles. The fourth-order valence-corrected chi connectivity index (χ4v) is 3.42. The average molecular weight is 367 g/mol. The number of alkyl halides is 2. The Morgan fingerprint density at radius 2 is 1.17 bits per heavy atom. The molecule has 0 spiro atoms. The normalized spacial score (nSPS) is 26.4. The Bertz CT molecular complexity index is 467. The van der Waals surface area contributed by atoms with Gasteiger partial charge in [-0.1, -0.05) is 23.2 Å². The summed E-state index contributed by atoms with van der Waals surface area (Å²) in [5.41, 5.74) is -1.21. The van der Waals surface area contributed by atoms with Gasteiger partial charge < -0.3 is 9.47 Å². The molecule has 0 aromatic heterocycles. The van der Waals surface area contributed by atoms with E-state index in [1.54, 1.807) is 41.5 Å². The Morgan fingerprint density at radius 1 is 0.870 bits per heavy atom. The van der Waals surface area contributed by atoms with Gasteiger partial charge in [-0.3, -0.25) is 9.80 Å². The standard InChI is InChI=1S/C15H24Cl2N2O4/c1-13(2,3)22-11(20)18-7-8-19(10-9(18)15(10,16)17)12(21)23-14(4,5)6/h9-10H,7-8H2,1-6H3. The first-order chi connectivity index (χ1) is 10.2. The van der Waals surface area contributed by atoms with Gasteiger partial charge in [-0.15, -0.1) is 0 Å². The van der Waals surface area contributed by atoms with Crippen molar-refractivity contribution in [2.75, 3.05) is 13.1 Å². The summed E-state index contributed by atoms with van der Waals surface area (Å²) >= 11 is 12.6. The molecule has 23 heavy (non-hydrogen) atoms. The molecule has 2 unspecified atom stereocenters. The van der Waals surface area contributed by atoms with E-state index in [-0.39, 0.29) is 0 Å². The number of ether oxygens (including phenoxy) is 2. The van der Waals surface area contributed by atoms with Crippen molar-refractivity contribution in [3.63, 3.8) is 0 Å². The highest BCUT2D eigenvalue weighted by atomic mass is 35.5. The number of amides is 2. The second-order valence-corrected chi connectivity index (χ2v) is 9.36. The summed E-state index contributed by atoms with van der Waals surface area (Å²) in [6.07, 6.45) is -0.945. The molecule has 2 amide bonds. The summed E-state index contributed by atoms with van der Waals surface area (Å²) in [6.45, 7) is 11.4. The summed E-state index contributed by atoms with van der Waals surface area (Å²) < 4.78 is 9.55. The van der Waals surface area contributed by atoms with Crippen LogP contribution in [-0.4, -0.2) is 62.7 Å². The number of halogens is 2. The molecule has 2 fully saturated rings. The highest BCUT2D eigenvalue weighted by Gasteiger charge is 2.73. The number of rotatable bonds is 0. The van der Waals surface area contributed by atoms with E-state index < -0.39 is 39.8 Å². The van der Waals surface area contributed by atoms with E-state index in [1.807, 2.05) is 0 Å². The van der Waals surface area contributed by atoms with Crippen molar-refractivity contribution in [1.29, 1.82) is 0 Å². The van der Waals surface area contributed by atoms with Crippen LogP contribution in [0.15, 0.2) is 0 Å². The largest absolute Gasteiger partial charge is 0.444 e. The van der Waals surface area contributed by atoms with Crippen LogP contribution in [0.3, 0.4) is 0 Å². The molecule has 132 valence electrons. The van der Waals surface area contributed by atoms with E-state index in [1.165, 1.54) is 9.80 Å². The number of hydrogen-bond donors (Lipinski definition) is 0. The van der Waals surface area contributed by atoms with Gasteiger partial charge in [0.25, 0.3) is 0 Å². The fraction of sp³-hybridized carbons (Fsp3) is 0.867. The fourth-order valence-electron chi connectivity index (χ4n) is 2.60. The van der Waals surface area contributed by atoms with Crippen molar-refractivity contribution in [1.82, 2.24) is 9.80 Å². The Hall–Kier alpha value is -0.880. The van der Waals surface area contributed by atoms with Crippen LogP contribution in [-0.2, 0) is 9.47 Å². The van der Waals surface area contributed by atoms with Gasteiger partial charge in [0.15, 0.2) is 4.33 Å². The second kappa shape index (κ2) is 5.59. The van der Waals surface area contributed by atoms with Gasteiger partial charge in [-0.25, -0.2) is 9.59 Å². The quantitative estimate of drug-likeness (QED) is 0.616. The molecule has 0 radical (unpaired) electrons. The molecule has 0 aromatic rings. The van der Waals surface area contributed by atoms with Crippen LogP contribution >= 0.6 is 23.2 Å². The van der Waals surface area contributed by atoms with Crippen LogP contribution in [0.1, 0.15) is 41.5 Å². The van der Waals surface area contributed by atoms with Crippen LogP contribution in [0.2, 0.25) is 0 Å². The Kier molecular flexibility index (Phi) is 4.48. The van der Waals surface area contributed by atoms with Crippen LogP contribution in [0.4, 0.5) is 9.59 Å². The van der Waals surface area contributed by atoms with Gasteiger partial charge in [0.05, 0.1) is 12.1 Å². The van der Waals surface area contributed by atoms with E-state index in [2.05, 4.69) is 0 Å². The summed E-state index contributed by atoms with van der Waals surface area (Å²) in [5.74, 6) is 0. The maximum Gasteiger partial charge on any atom is 0.410 e. The minimum Gasteiger partial charge on any atom is -0.444 e. The predicted octanol–water partition coefficient (Wildman–Crippen LogP) is 3.40. The van der Waals surface area contributed by atoms with Crippen LogP contribution in [0.25, 0.3) is 0 Å². The van der Waals surface area contributed by atoms with E-state index in [0.717, 1.165) is 0 Å². The Balaban J connectivity index is 2.09. The van der Waals surface area contributed by atoms with E-state index in [9.17, 15) is 9.59 Å². The van der Waals surface area contributed by atoms with Crippen LogP contribution in [0.5, 0.6) is 0 Å². The molecule has 1 heterocycles. The minimum absolute atomic E-state index is 0.302. The molecule has 1 aliphatic heterocycles. The molecule has 8 heteroatoms. The maximum absolute atomic E-state index is 12.3. The molecular formula is C15H24Cl2N2O4. The topological polar surface area (TPSA) is 59.1 Å². The summed E-state index contributed by atoms with van der Waals surface area (Å²) in [5, 5.41) is 0. The van der Waals surface area contributed by atoms with Crippen LogP contribution < -0.4 is 0 Å². The zero-order chi connectivity index (χ0) is 17.8. The number of piperazine rings is 1. The number of nitrogens with zero attached hydrogens (tertiary/aromatic N) is 2. The summed E-state index contributed by atoms with van der Waals surface area (Å²) in [6, 6.07) is -0.969. The van der Waals surface area contributed by atoms with Crippen molar-refractivity contribution >= 4 is 35.4 Å². The molecular weight excluding hydrogens is 343 g/mol. The molecule has 6 nitrogen and oxygen atoms in total. The highest BCUT2D eigenvalue weighted by Crippen LogP contribution is 2.55. The first-order valence-electron chi connectivity index (χ1n) is 7.61. The zero-order valence-corrected chi connectivity index (χ0v) is 15.9. The molecule has 0 bridgehead atoms. The average Bonchev–Trinajstić information content (AvgIpc) is 2.88. The molecule has 0 aromatic carbocycles. The molecule has 2 atom stereocenters. The van der Waals surface area contributed by atoms with Crippen molar-refractivity contribution < 1.29 is 19.1 Å². The Labute approximate surface area is 147 Å². The predicted molar refractivity (Wildman–Crippen MR) is 87.9 cm³/mol. The summed E-state index contributed by atoms with van der Waals surface area (Å²) in [4.78, 5) is 27.6. The molecule has 1 aliphatic carbocycles. The first-order valence-corrected chi connectivity index (χ1v) is 8.37. The number of hydrogen-bond acceptors (Lipinski definition) is 4. The van der Waals surface area contributed by atoms with Crippen molar-refractivity contribution in [3.8, 4) is 0 Å². The highest BCUT2D eigenvalue weighted by molar-refractivity contribution is 6.52. The smallest absolute Gasteiger partial charge is 0.410 e. The number of fused-ring (bicyclic) bond motifs is 1. The zero-order valence-electron chi connectivity index (χ0n) is 14.4. The Morgan fingerprint density at radius 3 is 1.43 bits per heavy atom. The lowest BCUT2D eigenvalue weighted by Crippen LogP contribution is -2.52. The van der Waals surface area contributed by atoms with Crippen molar-refractivity contribution in [2.45, 2.75) is 69.2 Å². The lowest BCUT2D eigenvalue weighted by Gasteiger charge is -2.35. The number of carbonyl (C=O) groups is 2. The first kappa shape index (κ1) is 18.5.